The monoisotopic (exact) mass is 366 g/mol. The summed E-state index contributed by atoms with van der Waals surface area (Å²) in [5.74, 6) is -0.553. The fourth-order valence-corrected chi connectivity index (χ4v) is 3.08. The maximum absolute atomic E-state index is 12.3. The highest BCUT2D eigenvalue weighted by Crippen LogP contribution is 2.19. The van der Waals surface area contributed by atoms with E-state index < -0.39 is 0 Å². The van der Waals surface area contributed by atoms with Crippen molar-refractivity contribution in [1.29, 1.82) is 0 Å². The van der Waals surface area contributed by atoms with Crippen molar-refractivity contribution in [2.24, 2.45) is 0 Å². The highest BCUT2D eigenvalue weighted by Gasteiger charge is 2.16. The van der Waals surface area contributed by atoms with Crippen LogP contribution >= 0.6 is 0 Å². The number of nitrogens with zero attached hydrogens (tertiary/aromatic N) is 3. The molecule has 0 atom stereocenters. The molecule has 6 heteroatoms. The molecule has 0 radical (unpaired) electrons. The Bertz CT molecular complexity index is 769. The van der Waals surface area contributed by atoms with E-state index in [0.717, 1.165) is 37.6 Å². The number of hydrogen-bond donors (Lipinski definition) is 1. The first kappa shape index (κ1) is 18.9. The Morgan fingerprint density at radius 2 is 1.59 bits per heavy atom. The number of piperazine rings is 1. The van der Waals surface area contributed by atoms with Gasteiger partial charge in [0.25, 0.3) is 0 Å². The normalized spacial score (nSPS) is 14.7. The molecule has 27 heavy (non-hydrogen) atoms. The van der Waals surface area contributed by atoms with Gasteiger partial charge in [0.05, 0.1) is 0 Å². The second-order valence-corrected chi connectivity index (χ2v) is 6.85. The summed E-state index contributed by atoms with van der Waals surface area (Å²) in [6.45, 7) is 4.11. The van der Waals surface area contributed by atoms with Gasteiger partial charge in [-0.3, -0.25) is 9.59 Å². The zero-order chi connectivity index (χ0) is 19.2. The molecule has 0 spiro atoms. The molecule has 0 saturated carbocycles. The van der Waals surface area contributed by atoms with E-state index in [1.807, 2.05) is 54.6 Å². The fourth-order valence-electron chi connectivity index (χ4n) is 3.08. The van der Waals surface area contributed by atoms with Crippen molar-refractivity contribution in [3.8, 4) is 0 Å². The Balaban J connectivity index is 1.52. The van der Waals surface area contributed by atoms with Crippen LogP contribution in [0.25, 0.3) is 0 Å². The van der Waals surface area contributed by atoms with E-state index in [1.54, 1.807) is 7.05 Å². The predicted molar refractivity (Wildman–Crippen MR) is 109 cm³/mol. The molecule has 0 aromatic heterocycles. The Morgan fingerprint density at radius 3 is 2.22 bits per heavy atom. The number of para-hydroxylation sites is 1. The van der Waals surface area contributed by atoms with Gasteiger partial charge in [0.1, 0.15) is 6.42 Å². The molecule has 3 rings (SSSR count). The third kappa shape index (κ3) is 5.08. The summed E-state index contributed by atoms with van der Waals surface area (Å²) in [7, 11) is 3.81. The second kappa shape index (κ2) is 8.68. The standard InChI is InChI=1S/C21H26N4O2/c1-23-12-14-25(15-13-23)19-10-8-17(9-11-19)22-20(26)16-21(27)24(2)18-6-4-3-5-7-18/h3-11H,12-16H2,1-2H3,(H,22,26). The summed E-state index contributed by atoms with van der Waals surface area (Å²) in [4.78, 5) is 30.6. The molecule has 0 aliphatic carbocycles. The molecule has 1 saturated heterocycles. The van der Waals surface area contributed by atoms with Crippen LogP contribution in [0.15, 0.2) is 54.6 Å². The quantitative estimate of drug-likeness (QED) is 0.826. The lowest BCUT2D eigenvalue weighted by atomic mass is 10.2. The van der Waals surface area contributed by atoms with Gasteiger partial charge in [-0.2, -0.15) is 0 Å². The highest BCUT2D eigenvalue weighted by molar-refractivity contribution is 6.08. The van der Waals surface area contributed by atoms with Gasteiger partial charge < -0.3 is 20.0 Å². The van der Waals surface area contributed by atoms with Crippen LogP contribution < -0.4 is 15.1 Å². The van der Waals surface area contributed by atoms with Crippen molar-refractivity contribution in [3.63, 3.8) is 0 Å². The largest absolute Gasteiger partial charge is 0.369 e. The Labute approximate surface area is 160 Å². The summed E-state index contributed by atoms with van der Waals surface area (Å²) >= 11 is 0. The molecule has 0 bridgehead atoms. The number of anilines is 3. The first-order valence-electron chi connectivity index (χ1n) is 9.18. The Hall–Kier alpha value is -2.86. The van der Waals surface area contributed by atoms with Crippen LogP contribution in [0.1, 0.15) is 6.42 Å². The van der Waals surface area contributed by atoms with Gasteiger partial charge in [-0.1, -0.05) is 18.2 Å². The number of carbonyl (C=O) groups excluding carboxylic acids is 2. The first-order chi connectivity index (χ1) is 13.0. The lowest BCUT2D eigenvalue weighted by molar-refractivity contribution is -0.125. The molecule has 1 fully saturated rings. The van der Waals surface area contributed by atoms with Crippen molar-refractivity contribution in [1.82, 2.24) is 4.90 Å². The molecule has 1 heterocycles. The van der Waals surface area contributed by atoms with Gasteiger partial charge in [0.2, 0.25) is 11.8 Å². The zero-order valence-electron chi connectivity index (χ0n) is 15.9. The van der Waals surface area contributed by atoms with Gasteiger partial charge in [-0.15, -0.1) is 0 Å². The molecule has 2 aromatic carbocycles. The Morgan fingerprint density at radius 1 is 0.963 bits per heavy atom. The smallest absolute Gasteiger partial charge is 0.236 e. The molecule has 2 amide bonds. The van der Waals surface area contributed by atoms with Crippen LogP contribution in [0.2, 0.25) is 0 Å². The summed E-state index contributed by atoms with van der Waals surface area (Å²) in [5, 5.41) is 2.80. The SMILES string of the molecule is CN1CCN(c2ccc(NC(=O)CC(=O)N(C)c3ccccc3)cc2)CC1. The van der Waals surface area contributed by atoms with Crippen molar-refractivity contribution in [2.45, 2.75) is 6.42 Å². The van der Waals surface area contributed by atoms with Gasteiger partial charge in [-0.25, -0.2) is 0 Å². The molecule has 1 aliphatic heterocycles. The van der Waals surface area contributed by atoms with Crippen LogP contribution in [-0.2, 0) is 9.59 Å². The molecule has 1 aliphatic rings. The molecule has 6 nitrogen and oxygen atoms in total. The highest BCUT2D eigenvalue weighted by atomic mass is 16.2. The van der Waals surface area contributed by atoms with Gasteiger partial charge in [0, 0.05) is 50.3 Å². The van der Waals surface area contributed by atoms with E-state index >= 15 is 0 Å². The average Bonchev–Trinajstić information content (AvgIpc) is 2.69. The van der Waals surface area contributed by atoms with E-state index in [0.29, 0.717) is 5.69 Å². The molecule has 1 N–H and O–H groups in total. The van der Waals surface area contributed by atoms with E-state index in [1.165, 1.54) is 4.90 Å². The first-order valence-corrected chi connectivity index (χ1v) is 9.18. The van der Waals surface area contributed by atoms with E-state index in [2.05, 4.69) is 22.2 Å². The third-order valence-electron chi connectivity index (χ3n) is 4.85. The number of rotatable bonds is 5. The lowest BCUT2D eigenvalue weighted by Crippen LogP contribution is -2.44. The van der Waals surface area contributed by atoms with Crippen molar-refractivity contribution in [3.05, 3.63) is 54.6 Å². The lowest BCUT2D eigenvalue weighted by Gasteiger charge is -2.34. The minimum atomic E-state index is -0.310. The number of nitrogens with one attached hydrogen (secondary N) is 1. The number of carbonyl (C=O) groups is 2. The summed E-state index contributed by atoms with van der Waals surface area (Å²) in [6.07, 6.45) is -0.189. The minimum Gasteiger partial charge on any atom is -0.369 e. The summed E-state index contributed by atoms with van der Waals surface area (Å²) in [5.41, 5.74) is 2.63. The van der Waals surface area contributed by atoms with Crippen LogP contribution in [0.4, 0.5) is 17.1 Å². The van der Waals surface area contributed by atoms with Crippen LogP contribution in [0.5, 0.6) is 0 Å². The second-order valence-electron chi connectivity index (χ2n) is 6.85. The van der Waals surface area contributed by atoms with Gasteiger partial charge in [-0.05, 0) is 43.4 Å². The predicted octanol–water partition coefficient (Wildman–Crippen LogP) is 2.43. The maximum Gasteiger partial charge on any atom is 0.236 e. The van der Waals surface area contributed by atoms with Crippen LogP contribution in [0, 0.1) is 0 Å². The van der Waals surface area contributed by atoms with Crippen molar-refractivity contribution in [2.75, 3.05) is 55.4 Å². The third-order valence-corrected chi connectivity index (χ3v) is 4.85. The van der Waals surface area contributed by atoms with Crippen molar-refractivity contribution < 1.29 is 9.59 Å². The summed E-state index contributed by atoms with van der Waals surface area (Å²) in [6, 6.07) is 17.1. The van der Waals surface area contributed by atoms with E-state index in [-0.39, 0.29) is 18.2 Å². The van der Waals surface area contributed by atoms with E-state index in [4.69, 9.17) is 0 Å². The van der Waals surface area contributed by atoms with Crippen molar-refractivity contribution >= 4 is 28.9 Å². The maximum atomic E-state index is 12.3. The fraction of sp³-hybridized carbons (Fsp3) is 0.333. The number of amides is 2. The summed E-state index contributed by atoms with van der Waals surface area (Å²) < 4.78 is 0. The van der Waals surface area contributed by atoms with Gasteiger partial charge in [0.15, 0.2) is 0 Å². The van der Waals surface area contributed by atoms with Crippen LogP contribution in [0.3, 0.4) is 0 Å². The molecule has 0 unspecified atom stereocenters. The molecule has 2 aromatic rings. The topological polar surface area (TPSA) is 55.9 Å². The van der Waals surface area contributed by atoms with Gasteiger partial charge >= 0.3 is 0 Å². The minimum absolute atomic E-state index is 0.189. The Kier molecular flexibility index (Phi) is 6.08. The average molecular weight is 366 g/mol. The zero-order valence-corrected chi connectivity index (χ0v) is 15.9. The molecular weight excluding hydrogens is 340 g/mol. The molecule has 142 valence electrons. The van der Waals surface area contributed by atoms with E-state index in [9.17, 15) is 9.59 Å². The number of hydrogen-bond acceptors (Lipinski definition) is 4. The van der Waals surface area contributed by atoms with Crippen LogP contribution in [-0.4, -0.2) is 57.0 Å². The number of benzene rings is 2. The molecular formula is C21H26N4O2. The number of likely N-dealkylation sites (N-methyl/N-ethyl adjacent to an activating group) is 1.